The number of hydrogen-bond acceptors (Lipinski definition) is 4. The first-order chi connectivity index (χ1) is 12.8. The lowest BCUT2D eigenvalue weighted by atomic mass is 10.1. The average molecular weight is 373 g/mol. The van der Waals surface area contributed by atoms with E-state index in [2.05, 4.69) is 21.9 Å². The fourth-order valence-electron chi connectivity index (χ4n) is 3.25. The van der Waals surface area contributed by atoms with Gasteiger partial charge in [-0.1, -0.05) is 29.8 Å². The molecule has 1 aliphatic rings. The molecule has 2 aromatic carbocycles. The number of aldehydes is 1. The number of benzene rings is 2. The summed E-state index contributed by atoms with van der Waals surface area (Å²) in [5.41, 5.74) is 2.20. The zero-order chi connectivity index (χ0) is 18.2. The highest BCUT2D eigenvalue weighted by Crippen LogP contribution is 2.20. The predicted molar refractivity (Wildman–Crippen MR) is 106 cm³/mol. The SMILES string of the molecule is O=CCc1ccccc1OCCCN1CCN(c2ccc(Cl)cc2)CC1. The Balaban J connectivity index is 1.38. The fourth-order valence-corrected chi connectivity index (χ4v) is 3.38. The number of halogens is 1. The number of ether oxygens (including phenoxy) is 1. The van der Waals surface area contributed by atoms with Crippen LogP contribution in [0.5, 0.6) is 5.75 Å². The summed E-state index contributed by atoms with van der Waals surface area (Å²) >= 11 is 5.96. The zero-order valence-corrected chi connectivity index (χ0v) is 15.7. The summed E-state index contributed by atoms with van der Waals surface area (Å²) in [6.07, 6.45) is 2.31. The summed E-state index contributed by atoms with van der Waals surface area (Å²) in [6.45, 7) is 5.89. The van der Waals surface area contributed by atoms with E-state index in [0.717, 1.165) is 61.8 Å². The van der Waals surface area contributed by atoms with Crippen LogP contribution in [0.2, 0.25) is 5.02 Å². The summed E-state index contributed by atoms with van der Waals surface area (Å²) in [4.78, 5) is 15.6. The monoisotopic (exact) mass is 372 g/mol. The zero-order valence-electron chi connectivity index (χ0n) is 14.9. The summed E-state index contributed by atoms with van der Waals surface area (Å²) in [6, 6.07) is 15.8. The molecule has 0 spiro atoms. The van der Waals surface area contributed by atoms with E-state index in [1.54, 1.807) is 0 Å². The van der Waals surface area contributed by atoms with Crippen molar-refractivity contribution in [3.63, 3.8) is 0 Å². The van der Waals surface area contributed by atoms with Gasteiger partial charge in [-0.2, -0.15) is 0 Å². The Morgan fingerprint density at radius 2 is 1.73 bits per heavy atom. The molecule has 0 saturated carbocycles. The third-order valence-corrected chi connectivity index (χ3v) is 4.97. The Kier molecular flexibility index (Phi) is 6.92. The van der Waals surface area contributed by atoms with Crippen molar-refractivity contribution >= 4 is 23.6 Å². The average Bonchev–Trinajstić information content (AvgIpc) is 2.68. The van der Waals surface area contributed by atoms with E-state index >= 15 is 0 Å². The van der Waals surface area contributed by atoms with Gasteiger partial charge in [-0.05, 0) is 36.8 Å². The van der Waals surface area contributed by atoms with Gasteiger partial charge in [-0.3, -0.25) is 4.90 Å². The van der Waals surface area contributed by atoms with Crippen molar-refractivity contribution in [2.45, 2.75) is 12.8 Å². The minimum absolute atomic E-state index is 0.406. The van der Waals surface area contributed by atoms with Crippen LogP contribution in [-0.4, -0.2) is 50.5 Å². The van der Waals surface area contributed by atoms with Crippen molar-refractivity contribution in [1.29, 1.82) is 0 Å². The molecule has 0 radical (unpaired) electrons. The van der Waals surface area contributed by atoms with E-state index in [-0.39, 0.29) is 0 Å². The van der Waals surface area contributed by atoms with Crippen LogP contribution in [0, 0.1) is 0 Å². The van der Waals surface area contributed by atoms with Gasteiger partial charge in [0.1, 0.15) is 12.0 Å². The largest absolute Gasteiger partial charge is 0.493 e. The highest BCUT2D eigenvalue weighted by atomic mass is 35.5. The van der Waals surface area contributed by atoms with E-state index < -0.39 is 0 Å². The van der Waals surface area contributed by atoms with Crippen LogP contribution in [0.1, 0.15) is 12.0 Å². The lowest BCUT2D eigenvalue weighted by Gasteiger charge is -2.36. The Hall–Kier alpha value is -2.04. The van der Waals surface area contributed by atoms with E-state index in [1.165, 1.54) is 5.69 Å². The second kappa shape index (κ2) is 9.60. The van der Waals surface area contributed by atoms with Crippen LogP contribution in [0.3, 0.4) is 0 Å². The third-order valence-electron chi connectivity index (χ3n) is 4.72. The van der Waals surface area contributed by atoms with E-state index in [4.69, 9.17) is 16.3 Å². The second-order valence-electron chi connectivity index (χ2n) is 6.49. The molecule has 26 heavy (non-hydrogen) atoms. The molecule has 0 aromatic heterocycles. The number of hydrogen-bond donors (Lipinski definition) is 0. The highest BCUT2D eigenvalue weighted by Gasteiger charge is 2.16. The number of piperazine rings is 1. The smallest absolute Gasteiger partial charge is 0.124 e. The van der Waals surface area contributed by atoms with Crippen LogP contribution in [0.4, 0.5) is 5.69 Å². The molecule has 0 bridgehead atoms. The molecule has 3 rings (SSSR count). The molecule has 1 heterocycles. The topological polar surface area (TPSA) is 32.8 Å². The summed E-state index contributed by atoms with van der Waals surface area (Å²) in [5.74, 6) is 0.826. The summed E-state index contributed by atoms with van der Waals surface area (Å²) in [7, 11) is 0. The standard InChI is InChI=1S/C21H25ClN2O2/c22-19-6-8-20(9-7-19)24-14-12-23(13-15-24)11-3-17-26-21-5-2-1-4-18(21)10-16-25/h1-2,4-9,16H,3,10-15,17H2. The first-order valence-corrected chi connectivity index (χ1v) is 9.51. The van der Waals surface area contributed by atoms with Gasteiger partial charge in [-0.15, -0.1) is 0 Å². The van der Waals surface area contributed by atoms with Gasteiger partial charge >= 0.3 is 0 Å². The maximum atomic E-state index is 10.7. The van der Waals surface area contributed by atoms with E-state index in [9.17, 15) is 4.79 Å². The van der Waals surface area contributed by atoms with E-state index in [1.807, 2.05) is 36.4 Å². The number of nitrogens with zero attached hydrogens (tertiary/aromatic N) is 2. The van der Waals surface area contributed by atoms with Crippen molar-refractivity contribution < 1.29 is 9.53 Å². The Bertz CT molecular complexity index is 697. The molecular weight excluding hydrogens is 348 g/mol. The van der Waals surface area contributed by atoms with E-state index in [0.29, 0.717) is 13.0 Å². The Morgan fingerprint density at radius 1 is 1.00 bits per heavy atom. The predicted octanol–water partition coefficient (Wildman–Crippen LogP) is 3.67. The van der Waals surface area contributed by atoms with Gasteiger partial charge in [0.25, 0.3) is 0 Å². The van der Waals surface area contributed by atoms with Gasteiger partial charge in [0.15, 0.2) is 0 Å². The van der Waals surface area contributed by atoms with Crippen LogP contribution in [0.25, 0.3) is 0 Å². The van der Waals surface area contributed by atoms with Crippen molar-refractivity contribution in [2.24, 2.45) is 0 Å². The first kappa shape index (κ1) is 18.7. The number of para-hydroxylation sites is 1. The molecule has 0 atom stereocenters. The Labute approximate surface area is 160 Å². The molecule has 1 fully saturated rings. The van der Waals surface area contributed by atoms with Gasteiger partial charge in [-0.25, -0.2) is 0 Å². The second-order valence-corrected chi connectivity index (χ2v) is 6.92. The van der Waals surface area contributed by atoms with Crippen LogP contribution in [0.15, 0.2) is 48.5 Å². The van der Waals surface area contributed by atoms with Crippen LogP contribution >= 0.6 is 11.6 Å². The number of carbonyl (C=O) groups excluding carboxylic acids is 1. The molecule has 0 N–H and O–H groups in total. The maximum Gasteiger partial charge on any atom is 0.124 e. The summed E-state index contributed by atoms with van der Waals surface area (Å²) in [5, 5.41) is 0.780. The van der Waals surface area contributed by atoms with Gasteiger partial charge in [0.2, 0.25) is 0 Å². The molecule has 5 heteroatoms. The molecular formula is C21H25ClN2O2. The lowest BCUT2D eigenvalue weighted by Crippen LogP contribution is -2.46. The van der Waals surface area contributed by atoms with Gasteiger partial charge in [0, 0.05) is 55.4 Å². The molecule has 0 unspecified atom stereocenters. The Morgan fingerprint density at radius 3 is 2.46 bits per heavy atom. The minimum Gasteiger partial charge on any atom is -0.493 e. The quantitative estimate of drug-likeness (QED) is 0.523. The molecule has 1 saturated heterocycles. The van der Waals surface area contributed by atoms with Crippen molar-refractivity contribution in [3.05, 3.63) is 59.1 Å². The highest BCUT2D eigenvalue weighted by molar-refractivity contribution is 6.30. The van der Waals surface area contributed by atoms with Crippen molar-refractivity contribution in [2.75, 3.05) is 44.2 Å². The number of anilines is 1. The first-order valence-electron chi connectivity index (χ1n) is 9.13. The molecule has 4 nitrogen and oxygen atoms in total. The molecule has 1 aliphatic heterocycles. The van der Waals surface area contributed by atoms with Crippen LogP contribution < -0.4 is 9.64 Å². The third kappa shape index (κ3) is 5.23. The lowest BCUT2D eigenvalue weighted by molar-refractivity contribution is -0.107. The number of carbonyl (C=O) groups is 1. The molecule has 138 valence electrons. The molecule has 0 amide bonds. The fraction of sp³-hybridized carbons (Fsp3) is 0.381. The van der Waals surface area contributed by atoms with Crippen LogP contribution in [-0.2, 0) is 11.2 Å². The molecule has 0 aliphatic carbocycles. The summed E-state index contributed by atoms with van der Waals surface area (Å²) < 4.78 is 5.87. The van der Waals surface area contributed by atoms with Gasteiger partial charge in [0.05, 0.1) is 6.61 Å². The van der Waals surface area contributed by atoms with Gasteiger partial charge < -0.3 is 14.4 Å². The number of rotatable bonds is 8. The molecule has 2 aromatic rings. The van der Waals surface area contributed by atoms with Crippen molar-refractivity contribution in [3.8, 4) is 5.75 Å². The normalized spacial score (nSPS) is 15.0. The van der Waals surface area contributed by atoms with Crippen molar-refractivity contribution in [1.82, 2.24) is 4.90 Å². The maximum absolute atomic E-state index is 10.7. The minimum atomic E-state index is 0.406.